The highest BCUT2D eigenvalue weighted by molar-refractivity contribution is 7.98. The Labute approximate surface area is 187 Å². The number of hydrogen-bond donors (Lipinski definition) is 2. The SMILES string of the molecule is CSc1ccc(CNC(=S)NC(=O)c2ccccc2OCCc2ccccc2)cc1. The molecule has 0 spiro atoms. The molecule has 2 N–H and O–H groups in total. The van der Waals surface area contributed by atoms with Crippen LogP contribution in [0.4, 0.5) is 0 Å². The van der Waals surface area contributed by atoms with Gasteiger partial charge in [0, 0.05) is 17.9 Å². The number of carbonyl (C=O) groups excluding carboxylic acids is 1. The van der Waals surface area contributed by atoms with E-state index in [9.17, 15) is 4.79 Å². The fraction of sp³-hybridized carbons (Fsp3) is 0.167. The summed E-state index contributed by atoms with van der Waals surface area (Å²) in [5.74, 6) is 0.252. The Morgan fingerprint density at radius 2 is 1.63 bits per heavy atom. The van der Waals surface area contributed by atoms with Gasteiger partial charge in [0.1, 0.15) is 5.75 Å². The molecule has 30 heavy (non-hydrogen) atoms. The average molecular weight is 437 g/mol. The van der Waals surface area contributed by atoms with E-state index in [-0.39, 0.29) is 11.0 Å². The average Bonchev–Trinajstić information content (AvgIpc) is 2.79. The van der Waals surface area contributed by atoms with E-state index in [0.717, 1.165) is 12.0 Å². The van der Waals surface area contributed by atoms with Crippen LogP contribution in [0.3, 0.4) is 0 Å². The number of carbonyl (C=O) groups is 1. The number of nitrogens with one attached hydrogen (secondary N) is 2. The molecule has 154 valence electrons. The predicted octanol–water partition coefficient (Wildman–Crippen LogP) is 4.83. The van der Waals surface area contributed by atoms with Gasteiger partial charge in [-0.15, -0.1) is 11.8 Å². The maximum Gasteiger partial charge on any atom is 0.261 e. The van der Waals surface area contributed by atoms with Gasteiger partial charge in [-0.25, -0.2) is 0 Å². The molecule has 3 aromatic rings. The fourth-order valence-electron chi connectivity index (χ4n) is 2.84. The zero-order chi connectivity index (χ0) is 21.2. The van der Waals surface area contributed by atoms with E-state index >= 15 is 0 Å². The molecule has 4 nitrogen and oxygen atoms in total. The lowest BCUT2D eigenvalue weighted by atomic mass is 10.1. The number of para-hydroxylation sites is 1. The van der Waals surface area contributed by atoms with Crippen LogP contribution in [0.25, 0.3) is 0 Å². The van der Waals surface area contributed by atoms with Crippen molar-refractivity contribution in [3.05, 3.63) is 95.6 Å². The highest BCUT2D eigenvalue weighted by atomic mass is 32.2. The summed E-state index contributed by atoms with van der Waals surface area (Å²) in [4.78, 5) is 13.9. The standard InChI is InChI=1S/C24H24N2O2S2/c1-30-20-13-11-19(12-14-20)17-25-24(29)26-23(27)21-9-5-6-10-22(21)28-16-15-18-7-3-2-4-8-18/h2-14H,15-17H2,1H3,(H2,25,26,27,29). The quantitative estimate of drug-likeness (QED) is 0.391. The molecule has 0 radical (unpaired) electrons. The smallest absolute Gasteiger partial charge is 0.261 e. The largest absolute Gasteiger partial charge is 0.492 e. The summed E-state index contributed by atoms with van der Waals surface area (Å²) in [6.45, 7) is 1.03. The molecule has 0 bridgehead atoms. The molecule has 0 aromatic heterocycles. The number of rotatable bonds is 8. The van der Waals surface area contributed by atoms with Gasteiger partial charge in [0.2, 0.25) is 0 Å². The number of benzene rings is 3. The van der Waals surface area contributed by atoms with Gasteiger partial charge >= 0.3 is 0 Å². The molecule has 1 amide bonds. The number of thioether (sulfide) groups is 1. The van der Waals surface area contributed by atoms with Gasteiger partial charge < -0.3 is 10.1 Å². The van der Waals surface area contributed by atoms with Gasteiger partial charge in [-0.05, 0) is 53.9 Å². The molecule has 0 saturated heterocycles. The van der Waals surface area contributed by atoms with Gasteiger partial charge in [-0.2, -0.15) is 0 Å². The second-order valence-electron chi connectivity index (χ2n) is 6.57. The normalized spacial score (nSPS) is 10.3. The van der Waals surface area contributed by atoms with Gasteiger partial charge in [0.05, 0.1) is 12.2 Å². The summed E-state index contributed by atoms with van der Waals surface area (Å²) < 4.78 is 5.87. The molecule has 0 aliphatic rings. The van der Waals surface area contributed by atoms with Crippen molar-refractivity contribution < 1.29 is 9.53 Å². The monoisotopic (exact) mass is 436 g/mol. The Bertz CT molecular complexity index is 976. The maximum atomic E-state index is 12.7. The summed E-state index contributed by atoms with van der Waals surface area (Å²) in [5, 5.41) is 6.09. The number of hydrogen-bond acceptors (Lipinski definition) is 4. The van der Waals surface area contributed by atoms with Crippen molar-refractivity contribution in [3.8, 4) is 5.75 Å². The first-order valence-corrected chi connectivity index (χ1v) is 11.3. The van der Waals surface area contributed by atoms with Crippen LogP contribution >= 0.6 is 24.0 Å². The molecule has 0 aliphatic heterocycles. The molecule has 0 fully saturated rings. The number of ether oxygens (including phenoxy) is 1. The molecule has 6 heteroatoms. The zero-order valence-electron chi connectivity index (χ0n) is 16.8. The number of thiocarbonyl (C=S) groups is 1. The Kier molecular flexibility index (Phi) is 8.30. The van der Waals surface area contributed by atoms with Crippen molar-refractivity contribution >= 4 is 35.0 Å². The van der Waals surface area contributed by atoms with Crippen LogP contribution in [0.2, 0.25) is 0 Å². The molecule has 0 aliphatic carbocycles. The Hall–Kier alpha value is -2.83. The lowest BCUT2D eigenvalue weighted by molar-refractivity contribution is 0.0972. The molecule has 3 rings (SSSR count). The minimum atomic E-state index is -0.291. The third kappa shape index (κ3) is 6.61. The van der Waals surface area contributed by atoms with Crippen LogP contribution in [0.1, 0.15) is 21.5 Å². The molecule has 3 aromatic carbocycles. The fourth-order valence-corrected chi connectivity index (χ4v) is 3.42. The van der Waals surface area contributed by atoms with Crippen LogP contribution in [0.5, 0.6) is 5.75 Å². The van der Waals surface area contributed by atoms with E-state index < -0.39 is 0 Å². The molecule has 0 heterocycles. The Balaban J connectivity index is 1.52. The van der Waals surface area contributed by atoms with E-state index in [0.29, 0.717) is 24.5 Å². The van der Waals surface area contributed by atoms with E-state index in [1.807, 2.05) is 48.7 Å². The zero-order valence-corrected chi connectivity index (χ0v) is 18.4. The topological polar surface area (TPSA) is 50.4 Å². The van der Waals surface area contributed by atoms with Crippen LogP contribution in [-0.2, 0) is 13.0 Å². The Morgan fingerprint density at radius 3 is 2.37 bits per heavy atom. The van der Waals surface area contributed by atoms with E-state index in [4.69, 9.17) is 17.0 Å². The third-order valence-electron chi connectivity index (χ3n) is 4.46. The van der Waals surface area contributed by atoms with Crippen molar-refractivity contribution in [2.24, 2.45) is 0 Å². The molecular weight excluding hydrogens is 412 g/mol. The summed E-state index contributed by atoms with van der Waals surface area (Å²) in [5.41, 5.74) is 2.74. The van der Waals surface area contributed by atoms with Crippen molar-refractivity contribution in [2.75, 3.05) is 12.9 Å². The van der Waals surface area contributed by atoms with E-state index in [2.05, 4.69) is 34.9 Å². The molecule has 0 saturated carbocycles. The van der Waals surface area contributed by atoms with E-state index in [1.54, 1.807) is 23.9 Å². The third-order valence-corrected chi connectivity index (χ3v) is 5.45. The molecular formula is C24H24N2O2S2. The highest BCUT2D eigenvalue weighted by Gasteiger charge is 2.13. The van der Waals surface area contributed by atoms with Crippen LogP contribution in [0, 0.1) is 0 Å². The van der Waals surface area contributed by atoms with Crippen molar-refractivity contribution in [1.29, 1.82) is 0 Å². The summed E-state index contributed by atoms with van der Waals surface area (Å²) in [6.07, 6.45) is 2.81. The number of amides is 1. The lowest BCUT2D eigenvalue weighted by Gasteiger charge is -2.13. The summed E-state index contributed by atoms with van der Waals surface area (Å²) >= 11 is 6.98. The first-order chi connectivity index (χ1) is 14.7. The van der Waals surface area contributed by atoms with Crippen molar-refractivity contribution in [3.63, 3.8) is 0 Å². The van der Waals surface area contributed by atoms with Gasteiger partial charge in [-0.3, -0.25) is 10.1 Å². The first kappa shape index (κ1) is 21.9. The van der Waals surface area contributed by atoms with Gasteiger partial charge in [0.25, 0.3) is 5.91 Å². The van der Waals surface area contributed by atoms with Crippen molar-refractivity contribution in [1.82, 2.24) is 10.6 Å². The summed E-state index contributed by atoms with van der Waals surface area (Å²) in [6, 6.07) is 25.5. The minimum absolute atomic E-state index is 0.285. The van der Waals surface area contributed by atoms with Gasteiger partial charge in [-0.1, -0.05) is 54.6 Å². The second kappa shape index (κ2) is 11.4. The van der Waals surface area contributed by atoms with Gasteiger partial charge in [0.15, 0.2) is 5.11 Å². The first-order valence-electron chi connectivity index (χ1n) is 9.63. The maximum absolute atomic E-state index is 12.7. The molecule has 0 atom stereocenters. The molecule has 0 unspecified atom stereocenters. The van der Waals surface area contributed by atoms with Crippen LogP contribution in [0.15, 0.2) is 83.8 Å². The second-order valence-corrected chi connectivity index (χ2v) is 7.85. The minimum Gasteiger partial charge on any atom is -0.492 e. The predicted molar refractivity (Wildman–Crippen MR) is 127 cm³/mol. The van der Waals surface area contributed by atoms with Crippen LogP contribution in [-0.4, -0.2) is 23.9 Å². The van der Waals surface area contributed by atoms with E-state index in [1.165, 1.54) is 10.5 Å². The highest BCUT2D eigenvalue weighted by Crippen LogP contribution is 2.18. The Morgan fingerprint density at radius 1 is 0.933 bits per heavy atom. The van der Waals surface area contributed by atoms with Crippen molar-refractivity contribution in [2.45, 2.75) is 17.9 Å². The summed E-state index contributed by atoms with van der Waals surface area (Å²) in [7, 11) is 0. The lowest BCUT2D eigenvalue weighted by Crippen LogP contribution is -2.39. The van der Waals surface area contributed by atoms with Crippen LogP contribution < -0.4 is 15.4 Å².